The van der Waals surface area contributed by atoms with Gasteiger partial charge < -0.3 is 15.5 Å². The topological polar surface area (TPSA) is 104 Å². The molecule has 40 heavy (non-hydrogen) atoms. The number of hydrogen-bond acceptors (Lipinski definition) is 5. The Morgan fingerprint density at radius 3 is 2.45 bits per heavy atom. The molecule has 202 valence electrons. The minimum atomic E-state index is -0.804. The summed E-state index contributed by atoms with van der Waals surface area (Å²) in [5, 5.41) is 6.27. The average Bonchev–Trinajstić information content (AvgIpc) is 3.01. The maximum atomic E-state index is 13.9. The molecule has 0 fully saturated rings. The molecule has 0 saturated heterocycles. The van der Waals surface area contributed by atoms with Crippen molar-refractivity contribution in [2.75, 3.05) is 10.6 Å². The summed E-state index contributed by atoms with van der Waals surface area (Å²) in [6.07, 6.45) is 3.56. The molecular formula is C31H28ClN5O3. The number of nitrogens with one attached hydrogen (secondary N) is 2. The number of hydrogen-bond donors (Lipinski definition) is 2. The van der Waals surface area contributed by atoms with Crippen LogP contribution in [0.15, 0.2) is 73.1 Å². The summed E-state index contributed by atoms with van der Waals surface area (Å²) in [5.41, 5.74) is 5.90. The van der Waals surface area contributed by atoms with E-state index in [1.54, 1.807) is 47.6 Å². The highest BCUT2D eigenvalue weighted by Crippen LogP contribution is 2.30. The smallest absolute Gasteiger partial charge is 0.274 e. The summed E-state index contributed by atoms with van der Waals surface area (Å²) in [6, 6.07) is 16.9. The molecule has 9 heteroatoms. The Balaban J connectivity index is 1.47. The minimum absolute atomic E-state index is 0.182. The number of pyridine rings is 2. The van der Waals surface area contributed by atoms with E-state index in [2.05, 4.69) is 20.6 Å². The lowest BCUT2D eigenvalue weighted by Crippen LogP contribution is -2.46. The number of fused-ring (bicyclic) bond motifs is 1. The highest BCUT2D eigenvalue weighted by Gasteiger charge is 2.36. The van der Waals surface area contributed by atoms with Gasteiger partial charge in [0.05, 0.1) is 11.3 Å². The van der Waals surface area contributed by atoms with Crippen LogP contribution in [-0.2, 0) is 17.8 Å². The molecule has 1 aliphatic rings. The number of halogens is 1. The third kappa shape index (κ3) is 5.72. The minimum Gasteiger partial charge on any atom is -0.323 e. The third-order valence-electron chi connectivity index (χ3n) is 6.87. The summed E-state index contributed by atoms with van der Waals surface area (Å²) in [5.74, 6) is -0.906. The fourth-order valence-electron chi connectivity index (χ4n) is 4.88. The lowest BCUT2D eigenvalue weighted by Gasteiger charge is -2.29. The largest absolute Gasteiger partial charge is 0.323 e. The van der Waals surface area contributed by atoms with Crippen LogP contribution in [0.25, 0.3) is 0 Å². The van der Waals surface area contributed by atoms with Gasteiger partial charge in [-0.25, -0.2) is 0 Å². The van der Waals surface area contributed by atoms with E-state index in [0.29, 0.717) is 33.3 Å². The van der Waals surface area contributed by atoms with Gasteiger partial charge in [-0.3, -0.25) is 24.4 Å². The third-order valence-corrected chi connectivity index (χ3v) is 7.10. The van der Waals surface area contributed by atoms with Gasteiger partial charge in [-0.2, -0.15) is 0 Å². The van der Waals surface area contributed by atoms with Crippen LogP contribution in [0.4, 0.5) is 11.4 Å². The Morgan fingerprint density at radius 2 is 1.77 bits per heavy atom. The van der Waals surface area contributed by atoms with Crippen molar-refractivity contribution in [3.8, 4) is 0 Å². The number of nitrogens with zero attached hydrogens (tertiary/aromatic N) is 3. The summed E-state index contributed by atoms with van der Waals surface area (Å²) in [6.45, 7) is 5.89. The van der Waals surface area contributed by atoms with Crippen molar-refractivity contribution in [2.24, 2.45) is 0 Å². The Labute approximate surface area is 237 Å². The lowest BCUT2D eigenvalue weighted by molar-refractivity contribution is -0.120. The van der Waals surface area contributed by atoms with Crippen LogP contribution < -0.4 is 10.6 Å². The van der Waals surface area contributed by atoms with Crippen LogP contribution in [-0.4, -0.2) is 38.6 Å². The molecule has 0 aliphatic carbocycles. The van der Waals surface area contributed by atoms with E-state index in [9.17, 15) is 14.4 Å². The lowest BCUT2D eigenvalue weighted by atomic mass is 10.0. The Kier molecular flexibility index (Phi) is 7.62. The second-order valence-corrected chi connectivity index (χ2v) is 10.4. The highest BCUT2D eigenvalue weighted by molar-refractivity contribution is 6.31. The fraction of sp³-hybridized carbons (Fsp3) is 0.194. The summed E-state index contributed by atoms with van der Waals surface area (Å²) in [7, 11) is 0. The molecule has 3 amide bonds. The number of aryl methyl sites for hydroxylation is 3. The van der Waals surface area contributed by atoms with Gasteiger partial charge in [0.15, 0.2) is 0 Å². The Bertz CT molecular complexity index is 1580. The Morgan fingerprint density at radius 1 is 1.00 bits per heavy atom. The van der Waals surface area contributed by atoms with Gasteiger partial charge in [-0.05, 0) is 79.4 Å². The molecule has 0 saturated carbocycles. The van der Waals surface area contributed by atoms with Crippen molar-refractivity contribution in [2.45, 2.75) is 39.8 Å². The molecule has 4 aromatic rings. The van der Waals surface area contributed by atoms with E-state index >= 15 is 0 Å². The zero-order valence-electron chi connectivity index (χ0n) is 22.4. The van der Waals surface area contributed by atoms with Crippen molar-refractivity contribution in [1.82, 2.24) is 14.9 Å². The molecule has 0 unspecified atom stereocenters. The molecule has 1 atom stereocenters. The SMILES string of the molecule is Cc1ccc(C(=O)Nc2c(C)cc(CN3C(=O)c4ccc(Cl)cc4NC(=O)[C@H]3Cc3ccccn3)cc2C)nc1. The maximum absolute atomic E-state index is 13.9. The quantitative estimate of drug-likeness (QED) is 0.327. The van der Waals surface area contributed by atoms with Crippen molar-refractivity contribution in [3.63, 3.8) is 0 Å². The van der Waals surface area contributed by atoms with Gasteiger partial charge in [0, 0.05) is 41.8 Å². The normalized spacial score (nSPS) is 14.8. The second kappa shape index (κ2) is 11.3. The standard InChI is InChI=1S/C31H28ClN5O3/c1-18-7-10-25(34-16-18)29(38)36-28-19(2)12-21(13-20(28)3)17-37-27(15-23-6-4-5-11-33-23)30(39)35-26-14-22(32)8-9-24(26)31(37)40/h4-14,16,27H,15,17H2,1-3H3,(H,35,39)(H,36,38)/t27-/m1/s1. The van der Waals surface area contributed by atoms with Crippen LogP contribution >= 0.6 is 11.6 Å². The van der Waals surface area contributed by atoms with E-state index in [0.717, 1.165) is 22.3 Å². The van der Waals surface area contributed by atoms with Crippen LogP contribution in [0.5, 0.6) is 0 Å². The van der Waals surface area contributed by atoms with Gasteiger partial charge in [-0.1, -0.05) is 35.9 Å². The highest BCUT2D eigenvalue weighted by atomic mass is 35.5. The van der Waals surface area contributed by atoms with Gasteiger partial charge in [0.2, 0.25) is 5.91 Å². The van der Waals surface area contributed by atoms with Crippen molar-refractivity contribution in [3.05, 3.63) is 117 Å². The van der Waals surface area contributed by atoms with Crippen molar-refractivity contribution >= 4 is 40.7 Å². The van der Waals surface area contributed by atoms with Crippen LogP contribution in [0, 0.1) is 20.8 Å². The van der Waals surface area contributed by atoms with E-state index in [4.69, 9.17) is 11.6 Å². The first kappa shape index (κ1) is 27.0. The number of benzene rings is 2. The van der Waals surface area contributed by atoms with Gasteiger partial charge in [-0.15, -0.1) is 0 Å². The molecule has 3 heterocycles. The molecule has 1 aliphatic heterocycles. The van der Waals surface area contributed by atoms with Crippen LogP contribution in [0.1, 0.15) is 48.8 Å². The molecule has 0 spiro atoms. The van der Waals surface area contributed by atoms with Crippen LogP contribution in [0.3, 0.4) is 0 Å². The number of amides is 3. The monoisotopic (exact) mass is 553 g/mol. The number of anilines is 2. The molecule has 2 aromatic carbocycles. The predicted octanol–water partition coefficient (Wildman–Crippen LogP) is 5.51. The molecule has 2 aromatic heterocycles. The summed E-state index contributed by atoms with van der Waals surface area (Å²) in [4.78, 5) is 50.3. The van der Waals surface area contributed by atoms with Gasteiger partial charge in [0.1, 0.15) is 11.7 Å². The number of rotatable bonds is 6. The average molecular weight is 554 g/mol. The van der Waals surface area contributed by atoms with Gasteiger partial charge in [0.25, 0.3) is 11.8 Å². The van der Waals surface area contributed by atoms with E-state index in [-0.39, 0.29) is 30.7 Å². The molecule has 0 radical (unpaired) electrons. The second-order valence-electron chi connectivity index (χ2n) is 9.93. The van der Waals surface area contributed by atoms with Crippen molar-refractivity contribution in [1.29, 1.82) is 0 Å². The molecule has 2 N–H and O–H groups in total. The van der Waals surface area contributed by atoms with E-state index in [1.807, 2.05) is 51.1 Å². The molecule has 0 bridgehead atoms. The maximum Gasteiger partial charge on any atom is 0.274 e. The predicted molar refractivity (Wildman–Crippen MR) is 155 cm³/mol. The molecule has 8 nitrogen and oxygen atoms in total. The van der Waals surface area contributed by atoms with Gasteiger partial charge >= 0.3 is 0 Å². The summed E-state index contributed by atoms with van der Waals surface area (Å²) < 4.78 is 0. The van der Waals surface area contributed by atoms with E-state index < -0.39 is 6.04 Å². The number of aromatic nitrogens is 2. The number of carbonyl (C=O) groups is 3. The molecule has 5 rings (SSSR count). The molecular weight excluding hydrogens is 526 g/mol. The first-order chi connectivity index (χ1) is 19.2. The van der Waals surface area contributed by atoms with Crippen LogP contribution in [0.2, 0.25) is 5.02 Å². The van der Waals surface area contributed by atoms with E-state index in [1.165, 1.54) is 0 Å². The first-order valence-electron chi connectivity index (χ1n) is 12.8. The zero-order valence-corrected chi connectivity index (χ0v) is 23.1. The Hall–Kier alpha value is -4.56. The summed E-state index contributed by atoms with van der Waals surface area (Å²) >= 11 is 6.17. The first-order valence-corrected chi connectivity index (χ1v) is 13.2. The number of carbonyl (C=O) groups excluding carboxylic acids is 3. The van der Waals surface area contributed by atoms with Crippen molar-refractivity contribution < 1.29 is 14.4 Å². The zero-order chi connectivity index (χ0) is 28.4. The fourth-order valence-corrected chi connectivity index (χ4v) is 5.05.